The van der Waals surface area contributed by atoms with Gasteiger partial charge in [0.05, 0.1) is 5.60 Å². The van der Waals surface area contributed by atoms with Crippen LogP contribution in [0.3, 0.4) is 0 Å². The molecule has 0 aliphatic carbocycles. The molecule has 1 amide bonds. The van der Waals surface area contributed by atoms with Crippen LogP contribution in [0.5, 0.6) is 0 Å². The minimum atomic E-state index is -1.07. The summed E-state index contributed by atoms with van der Waals surface area (Å²) in [5.74, 6) is -0.561. The molecule has 2 saturated heterocycles. The zero-order valence-electron chi connectivity index (χ0n) is 14.5. The van der Waals surface area contributed by atoms with Gasteiger partial charge in [-0.15, -0.1) is 0 Å². The molecule has 2 aliphatic rings. The van der Waals surface area contributed by atoms with Gasteiger partial charge in [0.25, 0.3) is 0 Å². The third-order valence-corrected chi connectivity index (χ3v) is 4.88. The second-order valence-corrected chi connectivity index (χ2v) is 7.94. The molecule has 132 valence electrons. The van der Waals surface area contributed by atoms with E-state index in [1.165, 1.54) is 12.3 Å². The minimum Gasteiger partial charge on any atom is -0.444 e. The highest BCUT2D eigenvalue weighted by Gasteiger charge is 2.49. The van der Waals surface area contributed by atoms with E-state index >= 15 is 0 Å². The molecule has 0 radical (unpaired) electrons. The normalized spacial score (nSPS) is 30.1. The van der Waals surface area contributed by atoms with Gasteiger partial charge in [0.1, 0.15) is 5.60 Å². The lowest BCUT2D eigenvalue weighted by Crippen LogP contribution is -2.59. The number of carbonyl (C=O) groups is 1. The highest BCUT2D eigenvalue weighted by Crippen LogP contribution is 2.44. The van der Waals surface area contributed by atoms with Gasteiger partial charge in [0, 0.05) is 36.7 Å². The molecule has 3 rings (SSSR count). The first-order chi connectivity index (χ1) is 11.2. The lowest BCUT2D eigenvalue weighted by atomic mass is 9.73. The molecular weight excluding hydrogens is 311 g/mol. The monoisotopic (exact) mass is 336 g/mol. The van der Waals surface area contributed by atoms with Crippen molar-refractivity contribution in [1.29, 1.82) is 0 Å². The van der Waals surface area contributed by atoms with Crippen molar-refractivity contribution in [3.8, 4) is 0 Å². The Morgan fingerprint density at radius 1 is 1.33 bits per heavy atom. The van der Waals surface area contributed by atoms with Crippen molar-refractivity contribution in [3.05, 3.63) is 29.8 Å². The van der Waals surface area contributed by atoms with Crippen molar-refractivity contribution in [2.75, 3.05) is 0 Å². The van der Waals surface area contributed by atoms with E-state index < -0.39 is 17.1 Å². The van der Waals surface area contributed by atoms with E-state index in [-0.39, 0.29) is 18.2 Å². The van der Waals surface area contributed by atoms with Crippen molar-refractivity contribution in [3.63, 3.8) is 0 Å². The summed E-state index contributed by atoms with van der Waals surface area (Å²) in [5.41, 5.74) is -1.00. The van der Waals surface area contributed by atoms with Crippen LogP contribution in [0.2, 0.25) is 0 Å². The molecule has 2 aliphatic heterocycles. The fourth-order valence-corrected chi connectivity index (χ4v) is 3.93. The maximum atomic E-state index is 13.1. The van der Waals surface area contributed by atoms with Crippen LogP contribution in [0.4, 0.5) is 9.18 Å². The Morgan fingerprint density at radius 2 is 1.96 bits per heavy atom. The molecule has 1 aromatic rings. The summed E-state index contributed by atoms with van der Waals surface area (Å²) >= 11 is 0. The van der Waals surface area contributed by atoms with Gasteiger partial charge in [-0.05, 0) is 46.1 Å². The second kappa shape index (κ2) is 5.99. The second-order valence-electron chi connectivity index (χ2n) is 7.94. The SMILES string of the molecule is CC(C)(C)OC(=O)N1C2CCCC1CC(O)(c1ccc(F)nc1)C2. The minimum absolute atomic E-state index is 0.0672. The molecule has 2 fully saturated rings. The number of nitrogens with zero attached hydrogens (tertiary/aromatic N) is 2. The van der Waals surface area contributed by atoms with Gasteiger partial charge in [-0.1, -0.05) is 6.07 Å². The van der Waals surface area contributed by atoms with E-state index in [0.29, 0.717) is 18.4 Å². The molecule has 2 atom stereocenters. The Labute approximate surface area is 141 Å². The van der Waals surface area contributed by atoms with Gasteiger partial charge in [-0.2, -0.15) is 4.39 Å². The first kappa shape index (κ1) is 17.1. The summed E-state index contributed by atoms with van der Waals surface area (Å²) in [5, 5.41) is 11.1. The first-order valence-corrected chi connectivity index (χ1v) is 8.54. The summed E-state index contributed by atoms with van der Waals surface area (Å²) in [6.07, 6.45) is 4.66. The molecule has 2 unspecified atom stereocenters. The maximum absolute atomic E-state index is 13.1. The van der Waals surface area contributed by atoms with Crippen LogP contribution in [0.1, 0.15) is 58.4 Å². The fourth-order valence-electron chi connectivity index (χ4n) is 3.93. The van der Waals surface area contributed by atoms with E-state index in [1.807, 2.05) is 20.8 Å². The topological polar surface area (TPSA) is 62.7 Å². The average Bonchev–Trinajstić information content (AvgIpc) is 2.44. The van der Waals surface area contributed by atoms with E-state index in [1.54, 1.807) is 11.0 Å². The van der Waals surface area contributed by atoms with Crippen LogP contribution in [0.15, 0.2) is 18.3 Å². The number of aromatic nitrogens is 1. The molecule has 5 nitrogen and oxygen atoms in total. The Bertz CT molecular complexity index is 598. The lowest BCUT2D eigenvalue weighted by Gasteiger charge is -2.51. The quantitative estimate of drug-likeness (QED) is 0.799. The summed E-state index contributed by atoms with van der Waals surface area (Å²) in [4.78, 5) is 18.0. The fraction of sp³-hybridized carbons (Fsp3) is 0.667. The van der Waals surface area contributed by atoms with Crippen LogP contribution < -0.4 is 0 Å². The first-order valence-electron chi connectivity index (χ1n) is 8.54. The molecular formula is C18H25FN2O3. The smallest absolute Gasteiger partial charge is 0.410 e. The zero-order valence-corrected chi connectivity index (χ0v) is 14.5. The number of halogens is 1. The molecule has 6 heteroatoms. The molecule has 0 spiro atoms. The molecule has 2 bridgehead atoms. The number of carbonyl (C=O) groups excluding carboxylic acids is 1. The number of hydrogen-bond acceptors (Lipinski definition) is 4. The third-order valence-electron chi connectivity index (χ3n) is 4.88. The Morgan fingerprint density at radius 3 is 2.46 bits per heavy atom. The lowest BCUT2D eigenvalue weighted by molar-refractivity contribution is -0.0966. The van der Waals surface area contributed by atoms with Crippen LogP contribution >= 0.6 is 0 Å². The van der Waals surface area contributed by atoms with E-state index in [4.69, 9.17) is 4.74 Å². The predicted molar refractivity (Wildman–Crippen MR) is 86.8 cm³/mol. The summed E-state index contributed by atoms with van der Waals surface area (Å²) in [6.45, 7) is 5.56. The van der Waals surface area contributed by atoms with Crippen molar-refractivity contribution >= 4 is 6.09 Å². The Balaban J connectivity index is 1.82. The summed E-state index contributed by atoms with van der Waals surface area (Å²) in [6, 6.07) is 2.72. The number of rotatable bonds is 1. The zero-order chi connectivity index (χ0) is 17.5. The molecule has 0 saturated carbocycles. The largest absolute Gasteiger partial charge is 0.444 e. The molecule has 24 heavy (non-hydrogen) atoms. The van der Waals surface area contributed by atoms with Gasteiger partial charge >= 0.3 is 6.09 Å². The van der Waals surface area contributed by atoms with E-state index in [2.05, 4.69) is 4.98 Å². The van der Waals surface area contributed by atoms with Gasteiger partial charge in [0.15, 0.2) is 0 Å². The van der Waals surface area contributed by atoms with Gasteiger partial charge < -0.3 is 14.7 Å². The third kappa shape index (κ3) is 3.38. The molecule has 0 aromatic carbocycles. The summed E-state index contributed by atoms with van der Waals surface area (Å²) < 4.78 is 18.6. The van der Waals surface area contributed by atoms with Crippen LogP contribution in [0.25, 0.3) is 0 Å². The molecule has 1 N–H and O–H groups in total. The van der Waals surface area contributed by atoms with Crippen molar-refractivity contribution < 1.29 is 19.0 Å². The van der Waals surface area contributed by atoms with Gasteiger partial charge in [-0.25, -0.2) is 9.78 Å². The number of fused-ring (bicyclic) bond motifs is 2. The highest BCUT2D eigenvalue weighted by molar-refractivity contribution is 5.69. The number of ether oxygens (including phenoxy) is 1. The van der Waals surface area contributed by atoms with Crippen molar-refractivity contribution in [2.24, 2.45) is 0 Å². The van der Waals surface area contributed by atoms with E-state index in [0.717, 1.165) is 19.3 Å². The van der Waals surface area contributed by atoms with Gasteiger partial charge in [-0.3, -0.25) is 0 Å². The molecule has 1 aromatic heterocycles. The highest BCUT2D eigenvalue weighted by atomic mass is 19.1. The van der Waals surface area contributed by atoms with Crippen LogP contribution in [-0.2, 0) is 10.3 Å². The standard InChI is InChI=1S/C18H25FN2O3/c1-17(2,3)24-16(22)21-13-5-4-6-14(21)10-18(23,9-13)12-7-8-15(19)20-11-12/h7-8,11,13-14,23H,4-6,9-10H2,1-3H3. The Kier molecular flexibility index (Phi) is 4.28. The maximum Gasteiger partial charge on any atom is 0.410 e. The Hall–Kier alpha value is -1.69. The number of amides is 1. The number of aliphatic hydroxyl groups is 1. The van der Waals surface area contributed by atoms with Crippen LogP contribution in [0, 0.1) is 5.95 Å². The number of piperidine rings is 2. The van der Waals surface area contributed by atoms with Crippen molar-refractivity contribution in [2.45, 2.75) is 76.2 Å². The number of pyridine rings is 1. The predicted octanol–water partition coefficient (Wildman–Crippen LogP) is 3.36. The summed E-state index contributed by atoms with van der Waals surface area (Å²) in [7, 11) is 0. The number of hydrogen-bond donors (Lipinski definition) is 1. The average molecular weight is 336 g/mol. The van der Waals surface area contributed by atoms with Gasteiger partial charge in [0.2, 0.25) is 5.95 Å². The molecule has 3 heterocycles. The van der Waals surface area contributed by atoms with E-state index in [9.17, 15) is 14.3 Å². The van der Waals surface area contributed by atoms with Crippen LogP contribution in [-0.4, -0.2) is 38.8 Å². The van der Waals surface area contributed by atoms with Crippen molar-refractivity contribution in [1.82, 2.24) is 9.88 Å².